The molecule has 2 fully saturated rings. The number of rotatable bonds is 11. The van der Waals surface area contributed by atoms with E-state index in [-0.39, 0.29) is 10.9 Å². The molecule has 0 heterocycles. The van der Waals surface area contributed by atoms with Crippen LogP contribution in [0.4, 0.5) is 0 Å². The van der Waals surface area contributed by atoms with Crippen LogP contribution in [0.15, 0.2) is 29.2 Å². The van der Waals surface area contributed by atoms with Gasteiger partial charge in [-0.05, 0) is 51.2 Å². The Bertz CT molecular complexity index is 994. The lowest BCUT2D eigenvalue weighted by Crippen LogP contribution is -2.62. The molecule has 0 saturated heterocycles. The van der Waals surface area contributed by atoms with E-state index < -0.39 is 39.2 Å². The SMILES string of the molecule is CCCC[C@H](NC(=O)C1(NS(=O)(=O)c2ccc(C)cc2)CCCCC1)C(=O)C(=O)NC1CCCC1. The molecule has 2 amide bonds. The van der Waals surface area contributed by atoms with Crippen molar-refractivity contribution in [3.05, 3.63) is 29.8 Å². The highest BCUT2D eigenvalue weighted by atomic mass is 32.2. The molecule has 0 radical (unpaired) electrons. The van der Waals surface area contributed by atoms with Gasteiger partial charge in [0.2, 0.25) is 21.7 Å². The molecular weight excluding hydrogens is 466 g/mol. The van der Waals surface area contributed by atoms with E-state index in [9.17, 15) is 22.8 Å². The number of unbranched alkanes of at least 4 members (excludes halogenated alkanes) is 1. The Morgan fingerprint density at radius 3 is 2.23 bits per heavy atom. The Morgan fingerprint density at radius 2 is 1.63 bits per heavy atom. The lowest BCUT2D eigenvalue weighted by Gasteiger charge is -2.37. The number of aryl methyl sites for hydroxylation is 1. The molecule has 0 spiro atoms. The maximum absolute atomic E-state index is 13.6. The van der Waals surface area contributed by atoms with E-state index in [4.69, 9.17) is 0 Å². The maximum Gasteiger partial charge on any atom is 0.289 e. The van der Waals surface area contributed by atoms with E-state index >= 15 is 0 Å². The number of hydrogen-bond acceptors (Lipinski definition) is 5. The van der Waals surface area contributed by atoms with Crippen LogP contribution in [0.1, 0.15) is 89.5 Å². The highest BCUT2D eigenvalue weighted by molar-refractivity contribution is 7.89. The molecule has 35 heavy (non-hydrogen) atoms. The quantitative estimate of drug-likeness (QED) is 0.399. The molecule has 9 heteroatoms. The van der Waals surface area contributed by atoms with Crippen LogP contribution in [0.5, 0.6) is 0 Å². The van der Waals surface area contributed by atoms with Gasteiger partial charge in [0, 0.05) is 6.04 Å². The second kappa shape index (κ2) is 12.1. The number of carbonyl (C=O) groups excluding carboxylic acids is 3. The number of nitrogens with one attached hydrogen (secondary N) is 3. The number of benzene rings is 1. The predicted molar refractivity (Wildman–Crippen MR) is 134 cm³/mol. The van der Waals surface area contributed by atoms with Gasteiger partial charge in [0.15, 0.2) is 0 Å². The van der Waals surface area contributed by atoms with Crippen molar-refractivity contribution in [1.82, 2.24) is 15.4 Å². The van der Waals surface area contributed by atoms with Crippen LogP contribution in [0.2, 0.25) is 0 Å². The number of ketones is 1. The Hall–Kier alpha value is -2.26. The summed E-state index contributed by atoms with van der Waals surface area (Å²) in [6.45, 7) is 3.84. The molecule has 2 aliphatic carbocycles. The second-order valence-electron chi connectivity index (χ2n) is 10.0. The molecule has 8 nitrogen and oxygen atoms in total. The molecule has 0 aromatic heterocycles. The van der Waals surface area contributed by atoms with Gasteiger partial charge in [-0.15, -0.1) is 0 Å². The van der Waals surface area contributed by atoms with Gasteiger partial charge >= 0.3 is 0 Å². The number of hydrogen-bond donors (Lipinski definition) is 3. The van der Waals surface area contributed by atoms with Gasteiger partial charge in [0.25, 0.3) is 5.91 Å². The van der Waals surface area contributed by atoms with Crippen molar-refractivity contribution in [2.45, 2.75) is 113 Å². The lowest BCUT2D eigenvalue weighted by molar-refractivity contribution is -0.141. The van der Waals surface area contributed by atoms with Crippen molar-refractivity contribution >= 4 is 27.6 Å². The van der Waals surface area contributed by atoms with E-state index in [0.29, 0.717) is 38.5 Å². The van der Waals surface area contributed by atoms with E-state index in [1.165, 1.54) is 12.1 Å². The summed E-state index contributed by atoms with van der Waals surface area (Å²) in [6, 6.07) is 5.49. The first-order valence-electron chi connectivity index (χ1n) is 12.9. The third-order valence-corrected chi connectivity index (χ3v) is 8.74. The Kier molecular flexibility index (Phi) is 9.47. The first-order chi connectivity index (χ1) is 16.7. The van der Waals surface area contributed by atoms with Gasteiger partial charge in [-0.3, -0.25) is 14.4 Å². The number of amides is 2. The standard InChI is InChI=1S/C26H39N3O5S/c1-3-4-12-22(23(30)24(31)27-20-10-6-7-11-20)28-25(32)26(17-8-5-9-18-26)29-35(33,34)21-15-13-19(2)14-16-21/h13-16,20,22,29H,3-12,17-18H2,1-2H3,(H,27,31)(H,28,32)/t22-/m0/s1. The zero-order valence-electron chi connectivity index (χ0n) is 20.9. The average molecular weight is 506 g/mol. The van der Waals surface area contributed by atoms with Crippen LogP contribution >= 0.6 is 0 Å². The summed E-state index contributed by atoms with van der Waals surface area (Å²) < 4.78 is 29.1. The van der Waals surface area contributed by atoms with Gasteiger partial charge in [-0.2, -0.15) is 4.72 Å². The summed E-state index contributed by atoms with van der Waals surface area (Å²) in [5.74, 6) is -1.86. The topological polar surface area (TPSA) is 121 Å². The van der Waals surface area contributed by atoms with Crippen LogP contribution in [0, 0.1) is 6.92 Å². The summed E-state index contributed by atoms with van der Waals surface area (Å²) >= 11 is 0. The molecular formula is C26H39N3O5S. The fourth-order valence-corrected chi connectivity index (χ4v) is 6.45. The van der Waals surface area contributed by atoms with Crippen LogP contribution in [-0.4, -0.2) is 43.6 Å². The summed E-state index contributed by atoms with van der Waals surface area (Å²) in [7, 11) is -3.96. The second-order valence-corrected chi connectivity index (χ2v) is 11.7. The Morgan fingerprint density at radius 1 is 1.00 bits per heavy atom. The van der Waals surface area contributed by atoms with Crippen molar-refractivity contribution < 1.29 is 22.8 Å². The predicted octanol–water partition coefficient (Wildman–Crippen LogP) is 3.28. The third-order valence-electron chi connectivity index (χ3n) is 7.19. The molecule has 2 aliphatic rings. The minimum atomic E-state index is -3.96. The maximum atomic E-state index is 13.6. The molecule has 1 aromatic carbocycles. The van der Waals surface area contributed by atoms with Gasteiger partial charge in [0.05, 0.1) is 10.9 Å². The smallest absolute Gasteiger partial charge is 0.289 e. The van der Waals surface area contributed by atoms with Crippen LogP contribution in [0.25, 0.3) is 0 Å². The van der Waals surface area contributed by atoms with Gasteiger partial charge < -0.3 is 10.6 Å². The molecule has 0 unspecified atom stereocenters. The zero-order valence-corrected chi connectivity index (χ0v) is 21.7. The van der Waals surface area contributed by atoms with Gasteiger partial charge in [0.1, 0.15) is 5.54 Å². The Labute approximate surface area is 209 Å². The van der Waals surface area contributed by atoms with Crippen molar-refractivity contribution in [3.63, 3.8) is 0 Å². The molecule has 3 N–H and O–H groups in total. The highest BCUT2D eigenvalue weighted by Crippen LogP contribution is 2.31. The number of sulfonamides is 1. The molecule has 1 atom stereocenters. The molecule has 0 aliphatic heterocycles. The van der Waals surface area contributed by atoms with Crippen LogP contribution < -0.4 is 15.4 Å². The lowest BCUT2D eigenvalue weighted by atomic mass is 9.81. The van der Waals surface area contributed by atoms with E-state index in [1.54, 1.807) is 12.1 Å². The van der Waals surface area contributed by atoms with Gasteiger partial charge in [-0.25, -0.2) is 8.42 Å². The fraction of sp³-hybridized carbons (Fsp3) is 0.654. The molecule has 194 valence electrons. The van der Waals surface area contributed by atoms with Crippen molar-refractivity contribution in [1.29, 1.82) is 0 Å². The number of Topliss-reactive ketones (excluding diaryl/α,β-unsaturated/α-hetero) is 1. The monoisotopic (exact) mass is 505 g/mol. The average Bonchev–Trinajstić information content (AvgIpc) is 3.34. The van der Waals surface area contributed by atoms with Crippen LogP contribution in [0.3, 0.4) is 0 Å². The molecule has 1 aromatic rings. The first kappa shape index (κ1) is 27.3. The summed E-state index contributed by atoms with van der Waals surface area (Å²) in [5, 5.41) is 5.59. The van der Waals surface area contributed by atoms with Crippen molar-refractivity contribution in [2.24, 2.45) is 0 Å². The van der Waals surface area contributed by atoms with E-state index in [0.717, 1.165) is 44.1 Å². The van der Waals surface area contributed by atoms with Crippen molar-refractivity contribution in [3.8, 4) is 0 Å². The fourth-order valence-electron chi connectivity index (χ4n) is 5.02. The first-order valence-corrected chi connectivity index (χ1v) is 14.4. The summed E-state index contributed by atoms with van der Waals surface area (Å²) in [6.07, 6.45) is 8.54. The normalized spacial score (nSPS) is 19.1. The van der Waals surface area contributed by atoms with Gasteiger partial charge in [-0.1, -0.05) is 69.6 Å². The molecule has 0 bridgehead atoms. The van der Waals surface area contributed by atoms with Crippen molar-refractivity contribution in [2.75, 3.05) is 0 Å². The highest BCUT2D eigenvalue weighted by Gasteiger charge is 2.44. The van der Waals surface area contributed by atoms with E-state index in [1.807, 2.05) is 13.8 Å². The Balaban J connectivity index is 1.79. The zero-order chi connectivity index (χ0) is 25.5. The minimum absolute atomic E-state index is 0.0000165. The third kappa shape index (κ3) is 7.13. The summed E-state index contributed by atoms with van der Waals surface area (Å²) in [4.78, 5) is 39.4. The largest absolute Gasteiger partial charge is 0.347 e. The van der Waals surface area contributed by atoms with E-state index in [2.05, 4.69) is 15.4 Å². The van der Waals surface area contributed by atoms with Crippen LogP contribution in [-0.2, 0) is 24.4 Å². The summed E-state index contributed by atoms with van der Waals surface area (Å²) in [5.41, 5.74) is -0.420. The number of carbonyl (C=O) groups is 3. The minimum Gasteiger partial charge on any atom is -0.347 e. The molecule has 2 saturated carbocycles. The molecule has 3 rings (SSSR count).